The first-order chi connectivity index (χ1) is 5.59. The highest BCUT2D eigenvalue weighted by molar-refractivity contribution is 14.1. The molecule has 0 saturated heterocycles. The average molecular weight is 285 g/mol. The quantitative estimate of drug-likeness (QED) is 0.669. The van der Waals surface area contributed by atoms with Crippen molar-refractivity contribution in [2.45, 2.75) is 6.61 Å². The van der Waals surface area contributed by atoms with Crippen LogP contribution in [-0.2, 0) is 0 Å². The van der Waals surface area contributed by atoms with E-state index in [2.05, 4.69) is 4.74 Å². The van der Waals surface area contributed by atoms with Gasteiger partial charge in [-0.15, -0.1) is 0 Å². The molecule has 5 heteroatoms. The zero-order chi connectivity index (χ0) is 9.14. The molecule has 0 unspecified atom stereocenters. The van der Waals surface area contributed by atoms with Gasteiger partial charge in [-0.3, -0.25) is 0 Å². The SMILES string of the molecule is Nc1ccc(I)c(OC(F)F)c1. The Balaban J connectivity index is 2.90. The number of halogens is 3. The summed E-state index contributed by atoms with van der Waals surface area (Å²) in [5, 5.41) is 0. The van der Waals surface area contributed by atoms with Crippen LogP contribution in [0.2, 0.25) is 0 Å². The van der Waals surface area contributed by atoms with Gasteiger partial charge < -0.3 is 10.5 Å². The zero-order valence-corrected chi connectivity index (χ0v) is 8.09. The monoisotopic (exact) mass is 285 g/mol. The summed E-state index contributed by atoms with van der Waals surface area (Å²) in [5.74, 6) is 0.116. The van der Waals surface area contributed by atoms with Gasteiger partial charge in [0.15, 0.2) is 0 Å². The number of ether oxygens (including phenoxy) is 1. The first-order valence-electron chi connectivity index (χ1n) is 3.09. The van der Waals surface area contributed by atoms with Gasteiger partial charge >= 0.3 is 6.61 Å². The molecule has 0 aliphatic carbocycles. The van der Waals surface area contributed by atoms with E-state index < -0.39 is 6.61 Å². The second-order valence-electron chi connectivity index (χ2n) is 2.07. The molecule has 0 amide bonds. The van der Waals surface area contributed by atoms with Crippen LogP contribution < -0.4 is 10.5 Å². The van der Waals surface area contributed by atoms with Crippen molar-refractivity contribution in [3.8, 4) is 5.75 Å². The number of nitrogen functional groups attached to an aromatic ring is 1. The standard InChI is InChI=1S/C7H6F2INO/c8-7(9)12-6-3-4(11)1-2-5(6)10/h1-3,7H,11H2. The summed E-state index contributed by atoms with van der Waals surface area (Å²) in [6, 6.07) is 4.61. The summed E-state index contributed by atoms with van der Waals surface area (Å²) < 4.78 is 28.3. The van der Waals surface area contributed by atoms with Crippen molar-refractivity contribution in [3.63, 3.8) is 0 Å². The van der Waals surface area contributed by atoms with Crippen LogP contribution in [0.4, 0.5) is 14.5 Å². The molecule has 2 N–H and O–H groups in total. The molecule has 1 aromatic carbocycles. The smallest absolute Gasteiger partial charge is 0.387 e. The molecule has 0 aliphatic heterocycles. The van der Waals surface area contributed by atoms with Crippen molar-refractivity contribution in [3.05, 3.63) is 21.8 Å². The Morgan fingerprint density at radius 3 is 2.67 bits per heavy atom. The lowest BCUT2D eigenvalue weighted by Crippen LogP contribution is -2.03. The molecule has 0 fully saturated rings. The fraction of sp³-hybridized carbons (Fsp3) is 0.143. The Hall–Kier alpha value is -0.590. The number of alkyl halides is 2. The lowest BCUT2D eigenvalue weighted by molar-refractivity contribution is -0.0503. The topological polar surface area (TPSA) is 35.2 Å². The molecule has 0 heterocycles. The van der Waals surface area contributed by atoms with E-state index in [9.17, 15) is 8.78 Å². The van der Waals surface area contributed by atoms with Crippen LogP contribution in [0.15, 0.2) is 18.2 Å². The molecule has 0 atom stereocenters. The van der Waals surface area contributed by atoms with Crippen molar-refractivity contribution in [1.29, 1.82) is 0 Å². The van der Waals surface area contributed by atoms with E-state index in [-0.39, 0.29) is 5.75 Å². The molecule has 0 aromatic heterocycles. The Labute approximate surface area is 81.8 Å². The third-order valence-corrected chi connectivity index (χ3v) is 2.06. The van der Waals surface area contributed by atoms with Gasteiger partial charge in [-0.1, -0.05) is 0 Å². The molecule has 0 spiro atoms. The lowest BCUT2D eigenvalue weighted by Gasteiger charge is -2.06. The highest BCUT2D eigenvalue weighted by Gasteiger charge is 2.07. The van der Waals surface area contributed by atoms with Crippen LogP contribution in [-0.4, -0.2) is 6.61 Å². The molecule has 12 heavy (non-hydrogen) atoms. The summed E-state index contributed by atoms with van der Waals surface area (Å²) in [4.78, 5) is 0. The van der Waals surface area contributed by atoms with Crippen LogP contribution in [0.25, 0.3) is 0 Å². The first kappa shape index (κ1) is 9.50. The number of anilines is 1. The highest BCUT2D eigenvalue weighted by Crippen LogP contribution is 2.24. The zero-order valence-electron chi connectivity index (χ0n) is 5.93. The Morgan fingerprint density at radius 1 is 1.42 bits per heavy atom. The van der Waals surface area contributed by atoms with Crippen LogP contribution in [0.5, 0.6) is 5.75 Å². The third kappa shape index (κ3) is 2.47. The normalized spacial score (nSPS) is 10.3. The van der Waals surface area contributed by atoms with Crippen molar-refractivity contribution < 1.29 is 13.5 Å². The van der Waals surface area contributed by atoms with Crippen LogP contribution in [0.3, 0.4) is 0 Å². The van der Waals surface area contributed by atoms with Gasteiger partial charge in [0.05, 0.1) is 3.57 Å². The minimum absolute atomic E-state index is 0.116. The van der Waals surface area contributed by atoms with Gasteiger partial charge in [0.25, 0.3) is 0 Å². The minimum Gasteiger partial charge on any atom is -0.434 e. The molecule has 1 aromatic rings. The lowest BCUT2D eigenvalue weighted by atomic mass is 10.3. The van der Waals surface area contributed by atoms with E-state index in [0.717, 1.165) is 0 Å². The average Bonchev–Trinajstić information content (AvgIpc) is 1.96. The van der Waals surface area contributed by atoms with E-state index in [1.807, 2.05) is 22.6 Å². The van der Waals surface area contributed by atoms with E-state index in [0.29, 0.717) is 9.26 Å². The van der Waals surface area contributed by atoms with E-state index in [1.165, 1.54) is 6.07 Å². The van der Waals surface area contributed by atoms with Gasteiger partial charge in [-0.05, 0) is 34.7 Å². The molecule has 0 bridgehead atoms. The van der Waals surface area contributed by atoms with Gasteiger partial charge in [0.1, 0.15) is 5.75 Å². The predicted octanol–water partition coefficient (Wildman–Crippen LogP) is 2.47. The molecule has 0 radical (unpaired) electrons. The molecule has 1 rings (SSSR count). The van der Waals surface area contributed by atoms with Crippen molar-refractivity contribution in [2.75, 3.05) is 5.73 Å². The van der Waals surface area contributed by atoms with Gasteiger partial charge in [0, 0.05) is 11.8 Å². The second kappa shape index (κ2) is 3.88. The Kier molecular flexibility index (Phi) is 3.07. The molecule has 2 nitrogen and oxygen atoms in total. The predicted molar refractivity (Wildman–Crippen MR) is 50.2 cm³/mol. The van der Waals surface area contributed by atoms with Crippen LogP contribution >= 0.6 is 22.6 Å². The van der Waals surface area contributed by atoms with E-state index in [4.69, 9.17) is 5.73 Å². The Morgan fingerprint density at radius 2 is 2.08 bits per heavy atom. The summed E-state index contributed by atoms with van der Waals surface area (Å²) >= 11 is 1.90. The summed E-state index contributed by atoms with van der Waals surface area (Å²) in [6.07, 6.45) is 0. The molecular weight excluding hydrogens is 279 g/mol. The van der Waals surface area contributed by atoms with Crippen molar-refractivity contribution >= 4 is 28.3 Å². The van der Waals surface area contributed by atoms with Crippen molar-refractivity contribution in [1.82, 2.24) is 0 Å². The molecular formula is C7H6F2INO. The van der Waals surface area contributed by atoms with Gasteiger partial charge in [-0.25, -0.2) is 0 Å². The molecule has 66 valence electrons. The number of rotatable bonds is 2. The Bertz CT molecular complexity index is 280. The highest BCUT2D eigenvalue weighted by atomic mass is 127. The fourth-order valence-electron chi connectivity index (χ4n) is 0.706. The van der Waals surface area contributed by atoms with Gasteiger partial charge in [-0.2, -0.15) is 8.78 Å². The summed E-state index contributed by atoms with van der Waals surface area (Å²) in [6.45, 7) is -2.81. The largest absolute Gasteiger partial charge is 0.434 e. The number of hydrogen-bond acceptors (Lipinski definition) is 2. The molecule has 0 aliphatic rings. The maximum atomic E-state index is 11.8. The van der Waals surface area contributed by atoms with Crippen molar-refractivity contribution in [2.24, 2.45) is 0 Å². The van der Waals surface area contributed by atoms with Gasteiger partial charge in [0.2, 0.25) is 0 Å². The molecule has 0 saturated carbocycles. The number of benzene rings is 1. The van der Waals surface area contributed by atoms with Crippen LogP contribution in [0.1, 0.15) is 0 Å². The maximum Gasteiger partial charge on any atom is 0.387 e. The summed E-state index contributed by atoms with van der Waals surface area (Å²) in [7, 11) is 0. The fourth-order valence-corrected chi connectivity index (χ4v) is 1.17. The maximum absolute atomic E-state index is 11.8. The minimum atomic E-state index is -2.81. The third-order valence-electron chi connectivity index (χ3n) is 1.17. The summed E-state index contributed by atoms with van der Waals surface area (Å²) in [5.41, 5.74) is 5.78. The van der Waals surface area contributed by atoms with E-state index in [1.54, 1.807) is 12.1 Å². The van der Waals surface area contributed by atoms with Crippen LogP contribution in [0, 0.1) is 3.57 Å². The van der Waals surface area contributed by atoms with E-state index >= 15 is 0 Å². The number of hydrogen-bond donors (Lipinski definition) is 1. The second-order valence-corrected chi connectivity index (χ2v) is 3.23. The number of nitrogens with two attached hydrogens (primary N) is 1. The first-order valence-corrected chi connectivity index (χ1v) is 4.17.